The molecule has 0 atom stereocenters. The second-order valence-electron chi connectivity index (χ2n) is 7.68. The van der Waals surface area contributed by atoms with Crippen LogP contribution in [0.1, 0.15) is 28.5 Å². The maximum Gasteiger partial charge on any atom is 0.243 e. The molecule has 2 aromatic heterocycles. The molecule has 1 aliphatic heterocycles. The van der Waals surface area contributed by atoms with Crippen LogP contribution in [0.15, 0.2) is 41.4 Å². The molecule has 3 aromatic rings. The molecular formula is C21H25N5O3S. The molecule has 8 nitrogen and oxygen atoms in total. The summed E-state index contributed by atoms with van der Waals surface area (Å²) in [5.41, 5.74) is 3.42. The highest BCUT2D eigenvalue weighted by Crippen LogP contribution is 2.21. The molecule has 1 saturated heterocycles. The lowest BCUT2D eigenvalue weighted by Crippen LogP contribution is -2.48. The minimum Gasteiger partial charge on any atom is -0.296 e. The number of sulfonamides is 1. The fourth-order valence-corrected chi connectivity index (χ4v) is 5.26. The highest BCUT2D eigenvalue weighted by atomic mass is 32.2. The molecule has 1 aromatic carbocycles. The summed E-state index contributed by atoms with van der Waals surface area (Å²) in [6.07, 6.45) is 1.86. The first-order chi connectivity index (χ1) is 14.3. The fraction of sp³-hybridized carbons (Fsp3) is 0.381. The van der Waals surface area contributed by atoms with Crippen molar-refractivity contribution in [3.63, 3.8) is 0 Å². The van der Waals surface area contributed by atoms with Crippen LogP contribution < -0.4 is 0 Å². The number of pyridine rings is 1. The Labute approximate surface area is 176 Å². The normalized spacial score (nSPS) is 16.2. The lowest BCUT2D eigenvalue weighted by Gasteiger charge is -2.34. The SMILES string of the molecule is CC(=O)c1ccc(S(=O)(=O)N2CCN(Cc3cnc4c(c3)c(C)nn4C)CC2)cc1. The molecular weight excluding hydrogens is 402 g/mol. The maximum atomic E-state index is 12.9. The van der Waals surface area contributed by atoms with E-state index in [-0.39, 0.29) is 10.7 Å². The van der Waals surface area contributed by atoms with Gasteiger partial charge in [0.25, 0.3) is 0 Å². The van der Waals surface area contributed by atoms with E-state index < -0.39 is 10.0 Å². The van der Waals surface area contributed by atoms with Gasteiger partial charge in [0.15, 0.2) is 11.4 Å². The van der Waals surface area contributed by atoms with Crippen molar-refractivity contribution in [1.29, 1.82) is 0 Å². The van der Waals surface area contributed by atoms with Crippen molar-refractivity contribution in [3.8, 4) is 0 Å². The average Bonchev–Trinajstić information content (AvgIpc) is 3.01. The molecule has 0 unspecified atom stereocenters. The van der Waals surface area contributed by atoms with Crippen molar-refractivity contribution >= 4 is 26.8 Å². The molecule has 3 heterocycles. The van der Waals surface area contributed by atoms with E-state index in [1.54, 1.807) is 16.8 Å². The molecule has 0 radical (unpaired) electrons. The summed E-state index contributed by atoms with van der Waals surface area (Å²) in [4.78, 5) is 18.4. The predicted octanol–water partition coefficient (Wildman–Crippen LogP) is 1.99. The zero-order chi connectivity index (χ0) is 21.5. The molecule has 30 heavy (non-hydrogen) atoms. The number of hydrogen-bond acceptors (Lipinski definition) is 6. The molecule has 0 amide bonds. The van der Waals surface area contributed by atoms with Crippen LogP contribution in [0.2, 0.25) is 0 Å². The number of piperazine rings is 1. The highest BCUT2D eigenvalue weighted by Gasteiger charge is 2.28. The van der Waals surface area contributed by atoms with Gasteiger partial charge in [0, 0.05) is 56.9 Å². The molecule has 0 bridgehead atoms. The average molecular weight is 428 g/mol. The maximum absolute atomic E-state index is 12.9. The first-order valence-electron chi connectivity index (χ1n) is 9.87. The first-order valence-corrected chi connectivity index (χ1v) is 11.3. The van der Waals surface area contributed by atoms with Gasteiger partial charge in [0.05, 0.1) is 10.6 Å². The Balaban J connectivity index is 1.42. The standard InChI is InChI=1S/C21H25N5O3S/c1-15-20-12-17(13-22-21(20)24(3)23-15)14-25-8-10-26(11-9-25)30(28,29)19-6-4-18(5-7-19)16(2)27/h4-7,12-13H,8-11,14H2,1-3H3. The van der Waals surface area contributed by atoms with Gasteiger partial charge in [-0.3, -0.25) is 14.4 Å². The quantitative estimate of drug-likeness (QED) is 0.579. The molecule has 158 valence electrons. The third-order valence-electron chi connectivity index (χ3n) is 5.56. The van der Waals surface area contributed by atoms with E-state index in [1.807, 2.05) is 20.2 Å². The van der Waals surface area contributed by atoms with E-state index in [9.17, 15) is 13.2 Å². The second kappa shape index (κ2) is 7.90. The van der Waals surface area contributed by atoms with Crippen LogP contribution in [0.4, 0.5) is 0 Å². The Hall–Kier alpha value is -2.62. The summed E-state index contributed by atoms with van der Waals surface area (Å²) in [5, 5.41) is 5.45. The lowest BCUT2D eigenvalue weighted by molar-refractivity contribution is 0.101. The summed E-state index contributed by atoms with van der Waals surface area (Å²) in [5.74, 6) is -0.0817. The zero-order valence-electron chi connectivity index (χ0n) is 17.4. The number of Topliss-reactive ketones (excluding diaryl/α,β-unsaturated/α-hetero) is 1. The van der Waals surface area contributed by atoms with Crippen LogP contribution in [0, 0.1) is 6.92 Å². The van der Waals surface area contributed by atoms with E-state index in [4.69, 9.17) is 0 Å². The molecule has 0 N–H and O–H groups in total. The number of aromatic nitrogens is 3. The van der Waals surface area contributed by atoms with E-state index in [2.05, 4.69) is 21.0 Å². The second-order valence-corrected chi connectivity index (χ2v) is 9.62. The first kappa shape index (κ1) is 20.6. The van der Waals surface area contributed by atoms with Crippen molar-refractivity contribution < 1.29 is 13.2 Å². The summed E-state index contributed by atoms with van der Waals surface area (Å²) < 4.78 is 29.1. The Morgan fingerprint density at radius 1 is 1.10 bits per heavy atom. The van der Waals surface area contributed by atoms with Crippen LogP contribution in [0.5, 0.6) is 0 Å². The minimum atomic E-state index is -3.56. The van der Waals surface area contributed by atoms with Gasteiger partial charge in [-0.05, 0) is 37.6 Å². The highest BCUT2D eigenvalue weighted by molar-refractivity contribution is 7.89. The van der Waals surface area contributed by atoms with Gasteiger partial charge in [-0.25, -0.2) is 13.4 Å². The van der Waals surface area contributed by atoms with Crippen LogP contribution >= 0.6 is 0 Å². The number of rotatable bonds is 5. The van der Waals surface area contributed by atoms with Gasteiger partial charge in [-0.1, -0.05) is 12.1 Å². The Morgan fingerprint density at radius 2 is 1.77 bits per heavy atom. The van der Waals surface area contributed by atoms with Crippen molar-refractivity contribution in [2.75, 3.05) is 26.2 Å². The molecule has 4 rings (SSSR count). The predicted molar refractivity (Wildman–Crippen MR) is 114 cm³/mol. The number of hydrogen-bond donors (Lipinski definition) is 0. The zero-order valence-corrected chi connectivity index (χ0v) is 18.2. The molecule has 1 aliphatic rings. The Kier molecular flexibility index (Phi) is 5.44. The number of aryl methyl sites for hydroxylation is 2. The summed E-state index contributed by atoms with van der Waals surface area (Å²) in [6, 6.07) is 8.26. The van der Waals surface area contributed by atoms with Crippen LogP contribution in [-0.4, -0.2) is 64.3 Å². The molecule has 1 fully saturated rings. The van der Waals surface area contributed by atoms with Crippen molar-refractivity contribution in [3.05, 3.63) is 53.3 Å². The van der Waals surface area contributed by atoms with E-state index in [1.165, 1.54) is 23.4 Å². The summed E-state index contributed by atoms with van der Waals surface area (Å²) >= 11 is 0. The summed E-state index contributed by atoms with van der Waals surface area (Å²) in [7, 11) is -1.68. The third kappa shape index (κ3) is 3.88. The summed E-state index contributed by atoms with van der Waals surface area (Å²) in [6.45, 7) is 6.31. The van der Waals surface area contributed by atoms with Crippen molar-refractivity contribution in [2.24, 2.45) is 7.05 Å². The number of benzene rings is 1. The van der Waals surface area contributed by atoms with Crippen molar-refractivity contribution in [1.82, 2.24) is 24.0 Å². The van der Waals surface area contributed by atoms with E-state index in [0.29, 0.717) is 31.7 Å². The van der Waals surface area contributed by atoms with Gasteiger partial charge < -0.3 is 0 Å². The van der Waals surface area contributed by atoms with E-state index >= 15 is 0 Å². The van der Waals surface area contributed by atoms with Crippen molar-refractivity contribution in [2.45, 2.75) is 25.3 Å². The van der Waals surface area contributed by atoms with E-state index in [0.717, 1.165) is 28.8 Å². The molecule has 9 heteroatoms. The molecule has 0 spiro atoms. The Bertz CT molecular complexity index is 1190. The van der Waals surface area contributed by atoms with Gasteiger partial charge in [0.2, 0.25) is 10.0 Å². The fourth-order valence-electron chi connectivity index (χ4n) is 3.83. The monoisotopic (exact) mass is 427 g/mol. The number of nitrogens with zero attached hydrogens (tertiary/aromatic N) is 5. The Morgan fingerprint density at radius 3 is 2.40 bits per heavy atom. The smallest absolute Gasteiger partial charge is 0.243 e. The molecule has 0 saturated carbocycles. The van der Waals surface area contributed by atoms with Crippen LogP contribution in [0.3, 0.4) is 0 Å². The number of fused-ring (bicyclic) bond motifs is 1. The largest absolute Gasteiger partial charge is 0.296 e. The topological polar surface area (TPSA) is 88.4 Å². The lowest BCUT2D eigenvalue weighted by atomic mass is 10.2. The van der Waals surface area contributed by atoms with Gasteiger partial charge in [-0.15, -0.1) is 0 Å². The number of carbonyl (C=O) groups excluding carboxylic acids is 1. The van der Waals surface area contributed by atoms with Gasteiger partial charge >= 0.3 is 0 Å². The van der Waals surface area contributed by atoms with Crippen LogP contribution in [-0.2, 0) is 23.6 Å². The third-order valence-corrected chi connectivity index (χ3v) is 7.47. The molecule has 0 aliphatic carbocycles. The number of carbonyl (C=O) groups is 1. The van der Waals surface area contributed by atoms with Gasteiger partial charge in [0.1, 0.15) is 0 Å². The minimum absolute atomic E-state index is 0.0817. The van der Waals surface area contributed by atoms with Gasteiger partial charge in [-0.2, -0.15) is 9.40 Å². The number of ketones is 1. The van der Waals surface area contributed by atoms with Crippen LogP contribution in [0.25, 0.3) is 11.0 Å².